The molecule has 4 heteroatoms. The summed E-state index contributed by atoms with van der Waals surface area (Å²) in [5, 5.41) is 0. The van der Waals surface area contributed by atoms with E-state index >= 15 is 0 Å². The van der Waals surface area contributed by atoms with E-state index in [9.17, 15) is 4.79 Å². The van der Waals surface area contributed by atoms with Crippen molar-refractivity contribution in [3.63, 3.8) is 0 Å². The molecule has 0 radical (unpaired) electrons. The van der Waals surface area contributed by atoms with Crippen LogP contribution in [-0.2, 0) is 4.74 Å². The largest absolute Gasteiger partial charge is 0.462 e. The average molecular weight is 332 g/mol. The van der Waals surface area contributed by atoms with Crippen LogP contribution in [0, 0.1) is 0 Å². The molecule has 0 unspecified atom stereocenters. The summed E-state index contributed by atoms with van der Waals surface area (Å²) in [4.78, 5) is 15.9. The van der Waals surface area contributed by atoms with Crippen molar-refractivity contribution < 1.29 is 9.53 Å². The molecular formula is C16H14BrNO2. The van der Waals surface area contributed by atoms with Crippen molar-refractivity contribution in [1.29, 1.82) is 0 Å². The summed E-state index contributed by atoms with van der Waals surface area (Å²) in [6, 6.07) is 14.9. The number of nitrogens with zero attached hydrogens (tertiary/aromatic N) is 1. The van der Waals surface area contributed by atoms with E-state index in [1.54, 1.807) is 37.4 Å². The van der Waals surface area contributed by atoms with Crippen LogP contribution in [-0.4, -0.2) is 18.8 Å². The van der Waals surface area contributed by atoms with Gasteiger partial charge in [-0.05, 0) is 48.9 Å². The number of hydrogen-bond acceptors (Lipinski definition) is 3. The third-order valence-electron chi connectivity index (χ3n) is 2.59. The van der Waals surface area contributed by atoms with Gasteiger partial charge in [-0.3, -0.25) is 4.99 Å². The standard InChI is InChI=1S/C16H14BrNO2/c1-2-20-16(19)13-6-8-15(9-7-13)18-11-12-4-3-5-14(17)10-12/h3-11H,2H2,1H3/b18-11+. The average Bonchev–Trinajstić information content (AvgIpc) is 2.46. The minimum Gasteiger partial charge on any atom is -0.462 e. The van der Waals surface area contributed by atoms with Gasteiger partial charge in [0, 0.05) is 10.7 Å². The molecule has 0 atom stereocenters. The Morgan fingerprint density at radius 3 is 2.65 bits per heavy atom. The van der Waals surface area contributed by atoms with E-state index in [1.807, 2.05) is 24.3 Å². The zero-order chi connectivity index (χ0) is 14.4. The van der Waals surface area contributed by atoms with Gasteiger partial charge in [0.25, 0.3) is 0 Å². The van der Waals surface area contributed by atoms with Gasteiger partial charge in [0.15, 0.2) is 0 Å². The second kappa shape index (κ2) is 7.01. The summed E-state index contributed by atoms with van der Waals surface area (Å²) in [6.07, 6.45) is 1.78. The van der Waals surface area contributed by atoms with Crippen molar-refractivity contribution in [3.05, 3.63) is 64.1 Å². The van der Waals surface area contributed by atoms with Crippen LogP contribution >= 0.6 is 15.9 Å². The highest BCUT2D eigenvalue weighted by Gasteiger charge is 2.04. The van der Waals surface area contributed by atoms with E-state index in [0.29, 0.717) is 12.2 Å². The van der Waals surface area contributed by atoms with Gasteiger partial charge in [0.2, 0.25) is 0 Å². The number of rotatable bonds is 4. The van der Waals surface area contributed by atoms with E-state index in [1.165, 1.54) is 0 Å². The zero-order valence-electron chi connectivity index (χ0n) is 11.0. The Kier molecular flexibility index (Phi) is 5.07. The van der Waals surface area contributed by atoms with Crippen molar-refractivity contribution in [2.24, 2.45) is 4.99 Å². The van der Waals surface area contributed by atoms with E-state index in [-0.39, 0.29) is 5.97 Å². The maximum absolute atomic E-state index is 11.5. The number of halogens is 1. The molecule has 20 heavy (non-hydrogen) atoms. The van der Waals surface area contributed by atoms with Crippen LogP contribution in [0.3, 0.4) is 0 Å². The fraction of sp³-hybridized carbons (Fsp3) is 0.125. The molecule has 0 amide bonds. The summed E-state index contributed by atoms with van der Waals surface area (Å²) in [7, 11) is 0. The van der Waals surface area contributed by atoms with Crippen molar-refractivity contribution >= 4 is 33.8 Å². The molecule has 0 bridgehead atoms. The van der Waals surface area contributed by atoms with E-state index in [4.69, 9.17) is 4.74 Å². The van der Waals surface area contributed by atoms with Crippen LogP contribution in [0.1, 0.15) is 22.8 Å². The molecule has 3 nitrogen and oxygen atoms in total. The van der Waals surface area contributed by atoms with Crippen molar-refractivity contribution in [3.8, 4) is 0 Å². The lowest BCUT2D eigenvalue weighted by molar-refractivity contribution is 0.0526. The van der Waals surface area contributed by atoms with Crippen LogP contribution < -0.4 is 0 Å². The van der Waals surface area contributed by atoms with Gasteiger partial charge < -0.3 is 4.74 Å². The number of esters is 1. The molecule has 2 rings (SSSR count). The Morgan fingerprint density at radius 2 is 2.00 bits per heavy atom. The number of hydrogen-bond donors (Lipinski definition) is 0. The molecule has 0 aliphatic heterocycles. The second-order valence-electron chi connectivity index (χ2n) is 4.08. The van der Waals surface area contributed by atoms with Crippen molar-refractivity contribution in [1.82, 2.24) is 0 Å². The molecule has 0 aromatic heterocycles. The molecule has 102 valence electrons. The lowest BCUT2D eigenvalue weighted by atomic mass is 10.2. The molecule has 0 fully saturated rings. The summed E-state index contributed by atoms with van der Waals surface area (Å²) in [5.74, 6) is -0.310. The van der Waals surface area contributed by atoms with E-state index < -0.39 is 0 Å². The molecular weight excluding hydrogens is 318 g/mol. The highest BCUT2D eigenvalue weighted by atomic mass is 79.9. The minimum atomic E-state index is -0.310. The predicted octanol–water partition coefficient (Wildman–Crippen LogP) is 4.38. The van der Waals surface area contributed by atoms with Gasteiger partial charge in [0.05, 0.1) is 17.9 Å². The van der Waals surface area contributed by atoms with Crippen LogP contribution in [0.5, 0.6) is 0 Å². The smallest absolute Gasteiger partial charge is 0.338 e. The van der Waals surface area contributed by atoms with Crippen LogP contribution in [0.15, 0.2) is 58.0 Å². The molecule has 0 aliphatic rings. The Hall–Kier alpha value is -1.94. The van der Waals surface area contributed by atoms with Gasteiger partial charge in [-0.2, -0.15) is 0 Å². The van der Waals surface area contributed by atoms with Crippen LogP contribution in [0.2, 0.25) is 0 Å². The Balaban J connectivity index is 2.09. The number of carbonyl (C=O) groups is 1. The summed E-state index contributed by atoms with van der Waals surface area (Å²) in [6.45, 7) is 2.16. The van der Waals surface area contributed by atoms with Gasteiger partial charge in [-0.15, -0.1) is 0 Å². The number of benzene rings is 2. The predicted molar refractivity (Wildman–Crippen MR) is 83.8 cm³/mol. The molecule has 0 saturated carbocycles. The van der Waals surface area contributed by atoms with Gasteiger partial charge in [0.1, 0.15) is 0 Å². The Bertz CT molecular complexity index is 621. The highest BCUT2D eigenvalue weighted by Crippen LogP contribution is 2.15. The second-order valence-corrected chi connectivity index (χ2v) is 5.00. The first-order valence-electron chi connectivity index (χ1n) is 6.26. The fourth-order valence-corrected chi connectivity index (χ4v) is 2.05. The van der Waals surface area contributed by atoms with Crippen LogP contribution in [0.25, 0.3) is 0 Å². The van der Waals surface area contributed by atoms with E-state index in [0.717, 1.165) is 15.7 Å². The molecule has 0 spiro atoms. The molecule has 0 aliphatic carbocycles. The maximum Gasteiger partial charge on any atom is 0.338 e. The molecule has 2 aromatic rings. The first kappa shape index (κ1) is 14.5. The highest BCUT2D eigenvalue weighted by molar-refractivity contribution is 9.10. The summed E-state index contributed by atoms with van der Waals surface area (Å²) < 4.78 is 5.94. The van der Waals surface area contributed by atoms with Gasteiger partial charge >= 0.3 is 5.97 Å². The Morgan fingerprint density at radius 1 is 1.25 bits per heavy atom. The molecule has 0 heterocycles. The first-order chi connectivity index (χ1) is 9.69. The lowest BCUT2D eigenvalue weighted by Gasteiger charge is -2.01. The number of carbonyl (C=O) groups excluding carboxylic acids is 1. The molecule has 2 aromatic carbocycles. The Labute approximate surface area is 126 Å². The summed E-state index contributed by atoms with van der Waals surface area (Å²) in [5.41, 5.74) is 2.33. The van der Waals surface area contributed by atoms with Crippen molar-refractivity contribution in [2.75, 3.05) is 6.61 Å². The maximum atomic E-state index is 11.5. The first-order valence-corrected chi connectivity index (χ1v) is 7.05. The molecule has 0 saturated heterocycles. The lowest BCUT2D eigenvalue weighted by Crippen LogP contribution is -2.03. The van der Waals surface area contributed by atoms with Gasteiger partial charge in [-0.1, -0.05) is 28.1 Å². The third kappa shape index (κ3) is 4.03. The molecule has 0 N–H and O–H groups in total. The normalized spacial score (nSPS) is 10.7. The SMILES string of the molecule is CCOC(=O)c1ccc(/N=C/c2cccc(Br)c2)cc1. The zero-order valence-corrected chi connectivity index (χ0v) is 12.6. The third-order valence-corrected chi connectivity index (χ3v) is 3.08. The summed E-state index contributed by atoms with van der Waals surface area (Å²) >= 11 is 3.42. The topological polar surface area (TPSA) is 38.7 Å². The number of aliphatic imine (C=N–C) groups is 1. The minimum absolute atomic E-state index is 0.310. The fourth-order valence-electron chi connectivity index (χ4n) is 1.63. The number of ether oxygens (including phenoxy) is 1. The van der Waals surface area contributed by atoms with E-state index in [2.05, 4.69) is 20.9 Å². The monoisotopic (exact) mass is 331 g/mol. The van der Waals surface area contributed by atoms with Crippen molar-refractivity contribution in [2.45, 2.75) is 6.92 Å². The van der Waals surface area contributed by atoms with Gasteiger partial charge in [-0.25, -0.2) is 4.79 Å². The van der Waals surface area contributed by atoms with Crippen LogP contribution in [0.4, 0.5) is 5.69 Å². The quantitative estimate of drug-likeness (QED) is 0.616.